The smallest absolute Gasteiger partial charge is 0.410 e. The van der Waals surface area contributed by atoms with E-state index in [0.29, 0.717) is 12.6 Å². The highest BCUT2D eigenvalue weighted by molar-refractivity contribution is 5.68. The minimum atomic E-state index is -0.0677. The third-order valence-corrected chi connectivity index (χ3v) is 4.23. The highest BCUT2D eigenvalue weighted by Gasteiger charge is 2.25. The maximum Gasteiger partial charge on any atom is 0.410 e. The number of ether oxygens (including phenoxy) is 1. The highest BCUT2D eigenvalue weighted by atomic mass is 16.6. The van der Waals surface area contributed by atoms with Gasteiger partial charge in [-0.25, -0.2) is 4.79 Å². The Kier molecular flexibility index (Phi) is 9.52. The molecule has 0 bridgehead atoms. The summed E-state index contributed by atoms with van der Waals surface area (Å²) in [5.41, 5.74) is 0. The molecule has 3 heteroatoms. The average molecular weight is 283 g/mol. The normalized spacial score (nSPS) is 16.1. The number of amides is 1. The van der Waals surface area contributed by atoms with Crippen LogP contribution in [0.3, 0.4) is 0 Å². The molecule has 0 saturated heterocycles. The number of carbonyl (C=O) groups excluding carboxylic acids is 1. The molecule has 0 heterocycles. The molecule has 0 unspecified atom stereocenters. The summed E-state index contributed by atoms with van der Waals surface area (Å²) in [5.74, 6) is 0. The fraction of sp³-hybridized carbons (Fsp3) is 0.941. The summed E-state index contributed by atoms with van der Waals surface area (Å²) in [7, 11) is 0. The maximum atomic E-state index is 12.3. The van der Waals surface area contributed by atoms with Gasteiger partial charge in [0.05, 0.1) is 6.61 Å². The number of rotatable bonds is 9. The molecular formula is C17H33NO2. The van der Waals surface area contributed by atoms with Gasteiger partial charge in [-0.2, -0.15) is 0 Å². The molecule has 1 fully saturated rings. The number of hydrogen-bond donors (Lipinski definition) is 0. The lowest BCUT2D eigenvalue weighted by molar-refractivity contribution is 0.0750. The Morgan fingerprint density at radius 3 is 2.35 bits per heavy atom. The Bertz CT molecular complexity index is 249. The van der Waals surface area contributed by atoms with Gasteiger partial charge in [0.1, 0.15) is 0 Å². The topological polar surface area (TPSA) is 29.5 Å². The summed E-state index contributed by atoms with van der Waals surface area (Å²) < 4.78 is 5.49. The molecule has 0 N–H and O–H groups in total. The van der Waals surface area contributed by atoms with Crippen molar-refractivity contribution in [2.45, 2.75) is 90.5 Å². The predicted molar refractivity (Wildman–Crippen MR) is 84.0 cm³/mol. The third kappa shape index (κ3) is 6.62. The summed E-state index contributed by atoms with van der Waals surface area (Å²) in [6, 6.07) is 0.429. The van der Waals surface area contributed by atoms with Crippen molar-refractivity contribution < 1.29 is 9.53 Å². The van der Waals surface area contributed by atoms with Crippen molar-refractivity contribution in [1.29, 1.82) is 0 Å². The molecule has 0 aromatic heterocycles. The second kappa shape index (κ2) is 11.0. The van der Waals surface area contributed by atoms with Crippen molar-refractivity contribution in [2.24, 2.45) is 0 Å². The lowest BCUT2D eigenvalue weighted by Crippen LogP contribution is -2.42. The Hall–Kier alpha value is -0.730. The second-order valence-corrected chi connectivity index (χ2v) is 6.01. The highest BCUT2D eigenvalue weighted by Crippen LogP contribution is 2.23. The first-order chi connectivity index (χ1) is 9.79. The molecule has 0 aromatic carbocycles. The molecule has 20 heavy (non-hydrogen) atoms. The molecule has 3 nitrogen and oxygen atoms in total. The zero-order valence-corrected chi connectivity index (χ0v) is 13.5. The van der Waals surface area contributed by atoms with Crippen LogP contribution in [0.5, 0.6) is 0 Å². The van der Waals surface area contributed by atoms with E-state index in [9.17, 15) is 4.79 Å². The van der Waals surface area contributed by atoms with Crippen LogP contribution in [0.15, 0.2) is 0 Å². The van der Waals surface area contributed by atoms with Gasteiger partial charge in [-0.1, -0.05) is 58.8 Å². The van der Waals surface area contributed by atoms with Crippen LogP contribution < -0.4 is 0 Å². The van der Waals surface area contributed by atoms with Crippen molar-refractivity contribution in [3.05, 3.63) is 0 Å². The van der Waals surface area contributed by atoms with E-state index in [1.165, 1.54) is 38.5 Å². The van der Waals surface area contributed by atoms with Gasteiger partial charge >= 0.3 is 6.09 Å². The average Bonchev–Trinajstić information content (AvgIpc) is 2.48. The molecule has 118 valence electrons. The van der Waals surface area contributed by atoms with Crippen LogP contribution >= 0.6 is 0 Å². The second-order valence-electron chi connectivity index (χ2n) is 6.01. The van der Waals surface area contributed by atoms with Crippen LogP contribution in [-0.4, -0.2) is 30.2 Å². The third-order valence-electron chi connectivity index (χ3n) is 4.23. The van der Waals surface area contributed by atoms with Gasteiger partial charge in [0.15, 0.2) is 0 Å². The zero-order chi connectivity index (χ0) is 14.6. The first-order valence-electron chi connectivity index (χ1n) is 8.73. The SMILES string of the molecule is CCCCCCOC(=O)N(CCCC)C1CCCCC1. The van der Waals surface area contributed by atoms with E-state index >= 15 is 0 Å². The Morgan fingerprint density at radius 1 is 1.00 bits per heavy atom. The van der Waals surface area contributed by atoms with E-state index in [2.05, 4.69) is 13.8 Å². The lowest BCUT2D eigenvalue weighted by atomic mass is 9.94. The zero-order valence-electron chi connectivity index (χ0n) is 13.5. The molecule has 1 aliphatic rings. The number of hydrogen-bond acceptors (Lipinski definition) is 2. The first-order valence-corrected chi connectivity index (χ1v) is 8.73. The summed E-state index contributed by atoms with van der Waals surface area (Å²) in [6.45, 7) is 5.83. The Balaban J connectivity index is 2.34. The fourth-order valence-corrected chi connectivity index (χ4v) is 2.92. The molecule has 0 radical (unpaired) electrons. The molecule has 0 spiro atoms. The molecule has 1 amide bonds. The van der Waals surface area contributed by atoms with E-state index in [1.54, 1.807) is 0 Å². The van der Waals surface area contributed by atoms with Gasteiger partial charge in [0, 0.05) is 12.6 Å². The molecule has 1 aliphatic carbocycles. The summed E-state index contributed by atoms with van der Waals surface area (Å²) >= 11 is 0. The van der Waals surface area contributed by atoms with E-state index in [0.717, 1.165) is 38.6 Å². The van der Waals surface area contributed by atoms with Crippen molar-refractivity contribution >= 4 is 6.09 Å². The molecule has 0 atom stereocenters. The minimum Gasteiger partial charge on any atom is -0.449 e. The van der Waals surface area contributed by atoms with Crippen molar-refractivity contribution in [2.75, 3.05) is 13.2 Å². The molecule has 1 saturated carbocycles. The molecule has 1 rings (SSSR count). The van der Waals surface area contributed by atoms with E-state index in [1.807, 2.05) is 4.90 Å². The summed E-state index contributed by atoms with van der Waals surface area (Å²) in [6.07, 6.45) is 12.9. The van der Waals surface area contributed by atoms with Gasteiger partial charge in [-0.3, -0.25) is 0 Å². The molecule has 0 aromatic rings. The van der Waals surface area contributed by atoms with E-state index < -0.39 is 0 Å². The first kappa shape index (κ1) is 17.3. The van der Waals surface area contributed by atoms with Crippen LogP contribution in [0.4, 0.5) is 4.79 Å². The van der Waals surface area contributed by atoms with Gasteiger partial charge in [0.2, 0.25) is 0 Å². The minimum absolute atomic E-state index is 0.0677. The monoisotopic (exact) mass is 283 g/mol. The van der Waals surface area contributed by atoms with Gasteiger partial charge < -0.3 is 9.64 Å². The van der Waals surface area contributed by atoms with E-state index in [-0.39, 0.29) is 6.09 Å². The van der Waals surface area contributed by atoms with Crippen LogP contribution in [0, 0.1) is 0 Å². The maximum absolute atomic E-state index is 12.3. The van der Waals surface area contributed by atoms with Crippen molar-refractivity contribution in [3.8, 4) is 0 Å². The Morgan fingerprint density at radius 2 is 1.70 bits per heavy atom. The van der Waals surface area contributed by atoms with Crippen molar-refractivity contribution in [1.82, 2.24) is 4.90 Å². The van der Waals surface area contributed by atoms with Gasteiger partial charge in [-0.15, -0.1) is 0 Å². The quantitative estimate of drug-likeness (QED) is 0.548. The largest absolute Gasteiger partial charge is 0.449 e. The number of nitrogens with zero attached hydrogens (tertiary/aromatic N) is 1. The van der Waals surface area contributed by atoms with Gasteiger partial charge in [-0.05, 0) is 25.7 Å². The molecular weight excluding hydrogens is 250 g/mol. The predicted octanol–water partition coefficient (Wildman–Crippen LogP) is 5.14. The van der Waals surface area contributed by atoms with Gasteiger partial charge in [0.25, 0.3) is 0 Å². The van der Waals surface area contributed by atoms with Crippen molar-refractivity contribution in [3.63, 3.8) is 0 Å². The summed E-state index contributed by atoms with van der Waals surface area (Å²) in [4.78, 5) is 14.3. The summed E-state index contributed by atoms with van der Waals surface area (Å²) in [5, 5.41) is 0. The van der Waals surface area contributed by atoms with Crippen LogP contribution in [0.1, 0.15) is 84.5 Å². The lowest BCUT2D eigenvalue weighted by Gasteiger charge is -2.33. The van der Waals surface area contributed by atoms with Crippen LogP contribution in [0.25, 0.3) is 0 Å². The van der Waals surface area contributed by atoms with Crippen LogP contribution in [-0.2, 0) is 4.74 Å². The molecule has 0 aliphatic heterocycles. The van der Waals surface area contributed by atoms with E-state index in [4.69, 9.17) is 4.74 Å². The Labute approximate surface area is 125 Å². The van der Waals surface area contributed by atoms with Crippen LogP contribution in [0.2, 0.25) is 0 Å². The standard InChI is InChI=1S/C17H33NO2/c1-3-5-7-11-15-20-17(19)18(14-6-4-2)16-12-9-8-10-13-16/h16H,3-15H2,1-2H3. The number of unbranched alkanes of at least 4 members (excludes halogenated alkanes) is 4. The number of carbonyl (C=O) groups is 1. The fourth-order valence-electron chi connectivity index (χ4n) is 2.92.